The number of anilines is 1. The molecule has 0 fully saturated rings. The number of nitrogens with one attached hydrogen (secondary N) is 1. The van der Waals surface area contributed by atoms with E-state index in [0.29, 0.717) is 6.54 Å². The van der Waals surface area contributed by atoms with Gasteiger partial charge in [-0.05, 0) is 24.6 Å². The fraction of sp³-hybridized carbons (Fsp3) is 0.417. The molecule has 0 bridgehead atoms. The van der Waals surface area contributed by atoms with Crippen molar-refractivity contribution in [3.63, 3.8) is 0 Å². The lowest BCUT2D eigenvalue weighted by Crippen LogP contribution is -2.37. The fourth-order valence-corrected chi connectivity index (χ4v) is 2.07. The van der Waals surface area contributed by atoms with Crippen molar-refractivity contribution in [1.82, 2.24) is 4.72 Å². The van der Waals surface area contributed by atoms with Crippen molar-refractivity contribution in [2.24, 2.45) is 0 Å². The normalized spacial score (nSPS) is 11.3. The summed E-state index contributed by atoms with van der Waals surface area (Å²) in [6, 6.07) is 7.53. The van der Waals surface area contributed by atoms with Gasteiger partial charge in [0, 0.05) is 25.7 Å². The molecule has 1 N–H and O–H groups in total. The lowest BCUT2D eigenvalue weighted by molar-refractivity contribution is -0.116. The van der Waals surface area contributed by atoms with Gasteiger partial charge in [0.05, 0.1) is 6.26 Å². The molecule has 100 valence electrons. The highest BCUT2D eigenvalue weighted by molar-refractivity contribution is 7.88. The van der Waals surface area contributed by atoms with Crippen LogP contribution in [0.2, 0.25) is 0 Å². The third kappa shape index (κ3) is 4.85. The molecular weight excluding hydrogens is 252 g/mol. The van der Waals surface area contributed by atoms with Crippen molar-refractivity contribution in [1.29, 1.82) is 0 Å². The van der Waals surface area contributed by atoms with Crippen LogP contribution in [-0.2, 0) is 14.8 Å². The minimum Gasteiger partial charge on any atom is -0.311 e. The highest BCUT2D eigenvalue weighted by Crippen LogP contribution is 2.15. The number of benzene rings is 1. The summed E-state index contributed by atoms with van der Waals surface area (Å²) in [5.41, 5.74) is 1.83. The highest BCUT2D eigenvalue weighted by atomic mass is 32.2. The Labute approximate surface area is 108 Å². The molecule has 0 unspecified atom stereocenters. The SMILES string of the molecule is CC(=O)N(CCNS(C)(=O)=O)c1cccc(C)c1. The summed E-state index contributed by atoms with van der Waals surface area (Å²) < 4.78 is 24.3. The van der Waals surface area contributed by atoms with Crippen molar-refractivity contribution in [2.75, 3.05) is 24.2 Å². The van der Waals surface area contributed by atoms with E-state index in [0.717, 1.165) is 17.5 Å². The first-order chi connectivity index (χ1) is 8.29. The summed E-state index contributed by atoms with van der Waals surface area (Å²) >= 11 is 0. The van der Waals surface area contributed by atoms with Gasteiger partial charge in [-0.25, -0.2) is 13.1 Å². The van der Waals surface area contributed by atoms with E-state index in [1.807, 2.05) is 31.2 Å². The van der Waals surface area contributed by atoms with Crippen LogP contribution in [0.1, 0.15) is 12.5 Å². The van der Waals surface area contributed by atoms with Gasteiger partial charge in [0.15, 0.2) is 0 Å². The summed E-state index contributed by atoms with van der Waals surface area (Å²) in [6.45, 7) is 3.91. The maximum absolute atomic E-state index is 11.6. The van der Waals surface area contributed by atoms with Crippen molar-refractivity contribution in [2.45, 2.75) is 13.8 Å². The van der Waals surface area contributed by atoms with Crippen LogP contribution in [0.3, 0.4) is 0 Å². The Morgan fingerprint density at radius 3 is 2.56 bits per heavy atom. The molecule has 1 amide bonds. The number of sulfonamides is 1. The summed E-state index contributed by atoms with van der Waals surface area (Å²) in [4.78, 5) is 13.1. The average molecular weight is 270 g/mol. The lowest BCUT2D eigenvalue weighted by Gasteiger charge is -2.21. The Bertz CT molecular complexity index is 526. The van der Waals surface area contributed by atoms with Gasteiger partial charge in [0.2, 0.25) is 15.9 Å². The molecule has 0 aliphatic rings. The largest absolute Gasteiger partial charge is 0.311 e. The smallest absolute Gasteiger partial charge is 0.223 e. The van der Waals surface area contributed by atoms with Crippen molar-refractivity contribution >= 4 is 21.6 Å². The van der Waals surface area contributed by atoms with Gasteiger partial charge in [0.1, 0.15) is 0 Å². The van der Waals surface area contributed by atoms with Gasteiger partial charge in [-0.1, -0.05) is 12.1 Å². The summed E-state index contributed by atoms with van der Waals surface area (Å²) in [5.74, 6) is -0.115. The lowest BCUT2D eigenvalue weighted by atomic mass is 10.2. The Balaban J connectivity index is 2.75. The second-order valence-corrected chi connectivity index (χ2v) is 6.01. The van der Waals surface area contributed by atoms with Gasteiger partial charge in [0.25, 0.3) is 0 Å². The van der Waals surface area contributed by atoms with E-state index >= 15 is 0 Å². The molecule has 18 heavy (non-hydrogen) atoms. The summed E-state index contributed by atoms with van der Waals surface area (Å²) in [7, 11) is -3.22. The molecule has 0 aliphatic heterocycles. The monoisotopic (exact) mass is 270 g/mol. The number of carbonyl (C=O) groups excluding carboxylic acids is 1. The van der Waals surface area contributed by atoms with Crippen LogP contribution in [0, 0.1) is 6.92 Å². The molecule has 1 rings (SSSR count). The van der Waals surface area contributed by atoms with E-state index in [1.165, 1.54) is 6.92 Å². The van der Waals surface area contributed by atoms with E-state index in [2.05, 4.69) is 4.72 Å². The molecule has 0 saturated heterocycles. The average Bonchev–Trinajstić information content (AvgIpc) is 2.22. The molecule has 0 spiro atoms. The zero-order valence-electron chi connectivity index (χ0n) is 10.8. The molecule has 1 aromatic rings. The molecule has 0 aliphatic carbocycles. The van der Waals surface area contributed by atoms with Crippen LogP contribution in [0.5, 0.6) is 0 Å². The summed E-state index contributed by atoms with van der Waals surface area (Å²) in [5, 5.41) is 0. The number of rotatable bonds is 5. The van der Waals surface area contributed by atoms with Gasteiger partial charge >= 0.3 is 0 Å². The molecular formula is C12H18N2O3S. The fourth-order valence-electron chi connectivity index (χ4n) is 1.61. The Morgan fingerprint density at radius 1 is 1.39 bits per heavy atom. The number of aryl methyl sites for hydroxylation is 1. The first-order valence-electron chi connectivity index (χ1n) is 5.59. The number of nitrogens with zero attached hydrogens (tertiary/aromatic N) is 1. The number of hydrogen-bond donors (Lipinski definition) is 1. The second kappa shape index (κ2) is 5.97. The number of carbonyl (C=O) groups is 1. The van der Waals surface area contributed by atoms with E-state index in [9.17, 15) is 13.2 Å². The van der Waals surface area contributed by atoms with E-state index in [4.69, 9.17) is 0 Å². The van der Waals surface area contributed by atoms with Crippen molar-refractivity contribution < 1.29 is 13.2 Å². The minimum atomic E-state index is -3.22. The molecule has 0 saturated carbocycles. The Hall–Kier alpha value is -1.40. The molecule has 0 radical (unpaired) electrons. The second-order valence-electron chi connectivity index (χ2n) is 4.18. The zero-order valence-corrected chi connectivity index (χ0v) is 11.6. The third-order valence-corrected chi connectivity index (χ3v) is 3.12. The predicted octanol–water partition coefficient (Wildman–Crippen LogP) is 0.897. The predicted molar refractivity (Wildman–Crippen MR) is 72.1 cm³/mol. The van der Waals surface area contributed by atoms with E-state index < -0.39 is 10.0 Å². The minimum absolute atomic E-state index is 0.115. The van der Waals surface area contributed by atoms with Gasteiger partial charge < -0.3 is 4.90 Å². The third-order valence-electron chi connectivity index (χ3n) is 2.39. The molecule has 0 heterocycles. The number of hydrogen-bond acceptors (Lipinski definition) is 3. The van der Waals surface area contributed by atoms with Crippen LogP contribution in [-0.4, -0.2) is 33.7 Å². The molecule has 0 aromatic heterocycles. The van der Waals surface area contributed by atoms with E-state index in [1.54, 1.807) is 4.90 Å². The molecule has 6 heteroatoms. The van der Waals surface area contributed by atoms with Crippen LogP contribution in [0.25, 0.3) is 0 Å². The zero-order chi connectivity index (χ0) is 13.8. The van der Waals surface area contributed by atoms with Crippen LogP contribution >= 0.6 is 0 Å². The quantitative estimate of drug-likeness (QED) is 0.864. The molecule has 0 atom stereocenters. The molecule has 1 aromatic carbocycles. The maximum atomic E-state index is 11.6. The standard InChI is InChI=1S/C12H18N2O3S/c1-10-5-4-6-12(9-10)14(11(2)15)8-7-13-18(3,16)17/h4-6,9,13H,7-8H2,1-3H3. The van der Waals surface area contributed by atoms with Crippen molar-refractivity contribution in [3.05, 3.63) is 29.8 Å². The Morgan fingerprint density at radius 2 is 2.06 bits per heavy atom. The van der Waals surface area contributed by atoms with Crippen LogP contribution in [0.15, 0.2) is 24.3 Å². The molecule has 5 nitrogen and oxygen atoms in total. The van der Waals surface area contributed by atoms with Crippen LogP contribution < -0.4 is 9.62 Å². The Kier molecular flexibility index (Phi) is 4.86. The topological polar surface area (TPSA) is 66.5 Å². The van der Waals surface area contributed by atoms with Crippen LogP contribution in [0.4, 0.5) is 5.69 Å². The first kappa shape index (κ1) is 14.7. The van der Waals surface area contributed by atoms with Crippen molar-refractivity contribution in [3.8, 4) is 0 Å². The first-order valence-corrected chi connectivity index (χ1v) is 7.48. The van der Waals surface area contributed by atoms with Gasteiger partial charge in [-0.3, -0.25) is 4.79 Å². The van der Waals surface area contributed by atoms with Gasteiger partial charge in [-0.2, -0.15) is 0 Å². The van der Waals surface area contributed by atoms with E-state index in [-0.39, 0.29) is 12.5 Å². The highest BCUT2D eigenvalue weighted by Gasteiger charge is 2.11. The van der Waals surface area contributed by atoms with Gasteiger partial charge in [-0.15, -0.1) is 0 Å². The summed E-state index contributed by atoms with van der Waals surface area (Å²) in [6.07, 6.45) is 1.10. The number of amides is 1. The maximum Gasteiger partial charge on any atom is 0.223 e.